The predicted molar refractivity (Wildman–Crippen MR) is 48.2 cm³/mol. The fourth-order valence-corrected chi connectivity index (χ4v) is 0.912. The number of pyridine rings is 1. The van der Waals surface area contributed by atoms with Crippen molar-refractivity contribution in [2.45, 2.75) is 13.0 Å². The summed E-state index contributed by atoms with van der Waals surface area (Å²) in [5.74, 6) is -1.08. The van der Waals surface area contributed by atoms with E-state index in [4.69, 9.17) is 16.6 Å². The number of aromatic carboxylic acids is 1. The molecule has 1 aromatic heterocycles. The van der Waals surface area contributed by atoms with E-state index in [2.05, 4.69) is 4.98 Å². The fourth-order valence-electron chi connectivity index (χ4n) is 0.912. The molecule has 0 fully saturated rings. The van der Waals surface area contributed by atoms with Crippen LogP contribution in [0.3, 0.4) is 0 Å². The molecule has 1 aromatic rings. The van der Waals surface area contributed by atoms with Crippen LogP contribution in [0.5, 0.6) is 0 Å². The molecule has 1 heterocycles. The summed E-state index contributed by atoms with van der Waals surface area (Å²) >= 11 is 0. The molecule has 70 valence electrons. The minimum atomic E-state index is -1.09. The molecule has 0 saturated carbocycles. The van der Waals surface area contributed by atoms with E-state index < -0.39 is 5.97 Å². The third-order valence-corrected chi connectivity index (χ3v) is 1.70. The van der Waals surface area contributed by atoms with Gasteiger partial charge < -0.3 is 16.6 Å². The van der Waals surface area contributed by atoms with Gasteiger partial charge in [-0.1, -0.05) is 0 Å². The van der Waals surface area contributed by atoms with Crippen molar-refractivity contribution in [1.29, 1.82) is 0 Å². The lowest BCUT2D eigenvalue weighted by molar-refractivity contribution is 0.0697. The minimum Gasteiger partial charge on any atom is -0.478 e. The maximum absolute atomic E-state index is 10.6. The molecular formula is C8H11N3O2. The lowest BCUT2D eigenvalue weighted by Gasteiger charge is -2.06. The van der Waals surface area contributed by atoms with Crippen LogP contribution in [0.1, 0.15) is 28.9 Å². The number of hydrogen-bond donors (Lipinski definition) is 3. The average Bonchev–Trinajstić information content (AvgIpc) is 2.04. The number of rotatable bonds is 2. The van der Waals surface area contributed by atoms with Crippen molar-refractivity contribution >= 4 is 11.8 Å². The lowest BCUT2D eigenvalue weighted by Crippen LogP contribution is -2.10. The fraction of sp³-hybridized carbons (Fsp3) is 0.250. The van der Waals surface area contributed by atoms with Crippen LogP contribution in [0, 0.1) is 0 Å². The Kier molecular flexibility index (Phi) is 2.48. The van der Waals surface area contributed by atoms with E-state index in [9.17, 15) is 4.79 Å². The summed E-state index contributed by atoms with van der Waals surface area (Å²) in [4.78, 5) is 14.4. The molecule has 5 nitrogen and oxygen atoms in total. The summed E-state index contributed by atoms with van der Waals surface area (Å²) in [5.41, 5.74) is 11.6. The smallest absolute Gasteiger partial charge is 0.339 e. The zero-order chi connectivity index (χ0) is 10.0. The summed E-state index contributed by atoms with van der Waals surface area (Å²) in [6, 6.07) is 1.20. The molecule has 0 saturated heterocycles. The second-order valence-corrected chi connectivity index (χ2v) is 2.80. The maximum Gasteiger partial charge on any atom is 0.339 e. The molecule has 0 bridgehead atoms. The average molecular weight is 181 g/mol. The Morgan fingerprint density at radius 1 is 1.69 bits per heavy atom. The highest BCUT2D eigenvalue weighted by Gasteiger charge is 2.11. The van der Waals surface area contributed by atoms with Crippen molar-refractivity contribution in [3.8, 4) is 0 Å². The van der Waals surface area contributed by atoms with Gasteiger partial charge in [-0.05, 0) is 18.6 Å². The Morgan fingerprint density at radius 3 is 2.77 bits per heavy atom. The molecule has 13 heavy (non-hydrogen) atoms. The Morgan fingerprint density at radius 2 is 2.31 bits per heavy atom. The largest absolute Gasteiger partial charge is 0.478 e. The van der Waals surface area contributed by atoms with Crippen LogP contribution in [-0.2, 0) is 0 Å². The number of carboxylic acid groups (broad SMARTS) is 1. The molecule has 0 aliphatic carbocycles. The third-order valence-electron chi connectivity index (χ3n) is 1.70. The zero-order valence-electron chi connectivity index (χ0n) is 7.19. The first-order valence-corrected chi connectivity index (χ1v) is 3.76. The molecule has 0 aromatic carbocycles. The van der Waals surface area contributed by atoms with Crippen molar-refractivity contribution in [1.82, 2.24) is 4.98 Å². The van der Waals surface area contributed by atoms with E-state index in [1.54, 1.807) is 6.92 Å². The highest BCUT2D eigenvalue weighted by atomic mass is 16.4. The second kappa shape index (κ2) is 3.40. The Balaban J connectivity index is 3.19. The number of carbonyl (C=O) groups is 1. The minimum absolute atomic E-state index is 0.00481. The van der Waals surface area contributed by atoms with Gasteiger partial charge >= 0.3 is 5.97 Å². The molecule has 5 N–H and O–H groups in total. The van der Waals surface area contributed by atoms with E-state index in [1.165, 1.54) is 12.3 Å². The molecule has 1 unspecified atom stereocenters. The number of anilines is 1. The van der Waals surface area contributed by atoms with Crippen LogP contribution in [0.2, 0.25) is 0 Å². The van der Waals surface area contributed by atoms with Crippen LogP contribution in [0.25, 0.3) is 0 Å². The number of nitrogen functional groups attached to an aromatic ring is 1. The van der Waals surface area contributed by atoms with Gasteiger partial charge in [0.05, 0.1) is 0 Å². The SMILES string of the molecule is CC(N)c1cnc(N)c(C(=O)O)c1. The number of aromatic nitrogens is 1. The van der Waals surface area contributed by atoms with Crippen molar-refractivity contribution in [2.24, 2.45) is 5.73 Å². The number of carboxylic acids is 1. The number of nitrogens with two attached hydrogens (primary N) is 2. The first-order chi connectivity index (χ1) is 6.02. The maximum atomic E-state index is 10.6. The highest BCUT2D eigenvalue weighted by Crippen LogP contribution is 2.14. The first kappa shape index (κ1) is 9.47. The van der Waals surface area contributed by atoms with Crippen LogP contribution in [-0.4, -0.2) is 16.1 Å². The van der Waals surface area contributed by atoms with Gasteiger partial charge in [0.25, 0.3) is 0 Å². The molecule has 1 rings (SSSR count). The molecule has 1 atom stereocenters. The van der Waals surface area contributed by atoms with Gasteiger partial charge in [0.2, 0.25) is 0 Å². The standard InChI is InChI=1S/C8H11N3O2/c1-4(9)5-2-6(8(12)13)7(10)11-3-5/h2-4H,9H2,1H3,(H2,10,11)(H,12,13). The quantitative estimate of drug-likeness (QED) is 0.612. The van der Waals surface area contributed by atoms with E-state index in [0.29, 0.717) is 5.56 Å². The molecule has 0 radical (unpaired) electrons. The molecule has 5 heteroatoms. The van der Waals surface area contributed by atoms with Gasteiger partial charge in [-0.3, -0.25) is 0 Å². The topological polar surface area (TPSA) is 102 Å². The zero-order valence-corrected chi connectivity index (χ0v) is 7.19. The second-order valence-electron chi connectivity index (χ2n) is 2.80. The van der Waals surface area contributed by atoms with E-state index in [1.807, 2.05) is 0 Å². The van der Waals surface area contributed by atoms with Gasteiger partial charge in [-0.2, -0.15) is 0 Å². The molecule has 0 aliphatic heterocycles. The van der Waals surface area contributed by atoms with E-state index in [0.717, 1.165) is 0 Å². The van der Waals surface area contributed by atoms with Crippen molar-refractivity contribution in [2.75, 3.05) is 5.73 Å². The highest BCUT2D eigenvalue weighted by molar-refractivity contribution is 5.92. The van der Waals surface area contributed by atoms with Crippen LogP contribution >= 0.6 is 0 Å². The van der Waals surface area contributed by atoms with Gasteiger partial charge in [0.15, 0.2) is 0 Å². The van der Waals surface area contributed by atoms with Gasteiger partial charge in [0, 0.05) is 12.2 Å². The van der Waals surface area contributed by atoms with Crippen LogP contribution < -0.4 is 11.5 Å². The van der Waals surface area contributed by atoms with Crippen LogP contribution in [0.15, 0.2) is 12.3 Å². The summed E-state index contributed by atoms with van der Waals surface area (Å²) in [7, 11) is 0. The molecule has 0 aliphatic rings. The van der Waals surface area contributed by atoms with Crippen molar-refractivity contribution in [3.63, 3.8) is 0 Å². The molecule has 0 spiro atoms. The Labute approximate surface area is 75.4 Å². The van der Waals surface area contributed by atoms with E-state index in [-0.39, 0.29) is 17.4 Å². The number of nitrogens with zero attached hydrogens (tertiary/aromatic N) is 1. The number of hydrogen-bond acceptors (Lipinski definition) is 4. The van der Waals surface area contributed by atoms with Crippen molar-refractivity contribution < 1.29 is 9.90 Å². The summed E-state index contributed by atoms with van der Waals surface area (Å²) < 4.78 is 0. The third kappa shape index (κ3) is 1.94. The molecule has 0 amide bonds. The van der Waals surface area contributed by atoms with E-state index >= 15 is 0 Å². The first-order valence-electron chi connectivity index (χ1n) is 3.76. The van der Waals surface area contributed by atoms with Gasteiger partial charge in [0.1, 0.15) is 11.4 Å². The van der Waals surface area contributed by atoms with Gasteiger partial charge in [-0.15, -0.1) is 0 Å². The molecular weight excluding hydrogens is 170 g/mol. The summed E-state index contributed by atoms with van der Waals surface area (Å²) in [6.07, 6.45) is 1.48. The summed E-state index contributed by atoms with van der Waals surface area (Å²) in [5, 5.41) is 8.71. The van der Waals surface area contributed by atoms with Gasteiger partial charge in [-0.25, -0.2) is 9.78 Å². The lowest BCUT2D eigenvalue weighted by atomic mass is 10.1. The predicted octanol–water partition coefficient (Wildman–Crippen LogP) is 0.382. The van der Waals surface area contributed by atoms with Crippen LogP contribution in [0.4, 0.5) is 5.82 Å². The van der Waals surface area contributed by atoms with Crippen molar-refractivity contribution in [3.05, 3.63) is 23.4 Å². The normalized spacial score (nSPS) is 12.5. The Bertz CT molecular complexity index is 336. The summed E-state index contributed by atoms with van der Waals surface area (Å²) in [6.45, 7) is 1.75. The monoisotopic (exact) mass is 181 g/mol. The Hall–Kier alpha value is -1.62.